The van der Waals surface area contributed by atoms with Crippen LogP contribution in [0.25, 0.3) is 0 Å². The first-order chi connectivity index (χ1) is 9.66. The Morgan fingerprint density at radius 1 is 1.25 bits per heavy atom. The van der Waals surface area contributed by atoms with Gasteiger partial charge >= 0.3 is 0 Å². The summed E-state index contributed by atoms with van der Waals surface area (Å²) in [5, 5.41) is 0. The molecule has 2 N–H and O–H groups in total. The standard InChI is InChI=1S/C16H25BrN2S/c1-11(18)16(14-8-9-15(17)20-14)19-10-4-6-12-5-2-3-7-13(12)19/h8-9,11-13,16H,2-7,10,18H2,1H3/t11?,12-,13-,16?/m1/s1. The van der Waals surface area contributed by atoms with Gasteiger partial charge in [-0.25, -0.2) is 0 Å². The van der Waals surface area contributed by atoms with E-state index in [0.717, 1.165) is 12.0 Å². The second kappa shape index (κ2) is 6.47. The second-order valence-corrected chi connectivity index (χ2v) is 8.93. The summed E-state index contributed by atoms with van der Waals surface area (Å²) < 4.78 is 1.22. The van der Waals surface area contributed by atoms with Crippen LogP contribution < -0.4 is 5.73 Å². The summed E-state index contributed by atoms with van der Waals surface area (Å²) in [5.41, 5.74) is 6.38. The van der Waals surface area contributed by atoms with Crippen molar-refractivity contribution in [3.8, 4) is 0 Å². The van der Waals surface area contributed by atoms with Crippen molar-refractivity contribution < 1.29 is 0 Å². The minimum atomic E-state index is 0.196. The maximum absolute atomic E-state index is 6.38. The Bertz CT molecular complexity index is 443. The van der Waals surface area contributed by atoms with Crippen LogP contribution in [0.5, 0.6) is 0 Å². The first-order valence-corrected chi connectivity index (χ1v) is 9.54. The highest BCUT2D eigenvalue weighted by atomic mass is 79.9. The van der Waals surface area contributed by atoms with Crippen LogP contribution in [0.15, 0.2) is 15.9 Å². The number of likely N-dealkylation sites (tertiary alicyclic amines) is 1. The molecule has 4 atom stereocenters. The number of halogens is 1. The number of fused-ring (bicyclic) bond motifs is 1. The van der Waals surface area contributed by atoms with E-state index >= 15 is 0 Å². The van der Waals surface area contributed by atoms with Crippen molar-refractivity contribution in [2.24, 2.45) is 11.7 Å². The maximum Gasteiger partial charge on any atom is 0.0702 e. The molecule has 20 heavy (non-hydrogen) atoms. The Balaban J connectivity index is 1.86. The highest BCUT2D eigenvalue weighted by molar-refractivity contribution is 9.11. The number of piperidine rings is 1. The highest BCUT2D eigenvalue weighted by Gasteiger charge is 2.38. The number of nitrogens with two attached hydrogens (primary N) is 1. The molecule has 1 aromatic rings. The summed E-state index contributed by atoms with van der Waals surface area (Å²) in [6.45, 7) is 3.40. The summed E-state index contributed by atoms with van der Waals surface area (Å²) in [7, 11) is 0. The summed E-state index contributed by atoms with van der Waals surface area (Å²) in [6, 6.07) is 5.79. The Labute approximate surface area is 134 Å². The zero-order valence-corrected chi connectivity index (χ0v) is 14.6. The van der Waals surface area contributed by atoms with Crippen molar-refractivity contribution in [2.75, 3.05) is 6.54 Å². The fraction of sp³-hybridized carbons (Fsp3) is 0.750. The zero-order chi connectivity index (χ0) is 14.1. The van der Waals surface area contributed by atoms with Gasteiger partial charge in [0.1, 0.15) is 0 Å². The number of thiophene rings is 1. The molecule has 2 aliphatic rings. The van der Waals surface area contributed by atoms with Gasteiger partial charge in [0, 0.05) is 17.0 Å². The molecular weight excluding hydrogens is 332 g/mol. The Hall–Kier alpha value is 0.1000. The van der Waals surface area contributed by atoms with Gasteiger partial charge in [-0.2, -0.15) is 0 Å². The third-order valence-electron chi connectivity index (χ3n) is 5.03. The van der Waals surface area contributed by atoms with E-state index in [1.807, 2.05) is 11.3 Å². The SMILES string of the molecule is CC(N)C(c1ccc(Br)s1)N1CCC[C@H]2CCCC[C@H]21. The molecule has 2 unspecified atom stereocenters. The lowest BCUT2D eigenvalue weighted by molar-refractivity contribution is 0.0191. The van der Waals surface area contributed by atoms with Crippen molar-refractivity contribution in [1.29, 1.82) is 0 Å². The van der Waals surface area contributed by atoms with Crippen LogP contribution in [-0.4, -0.2) is 23.5 Å². The number of rotatable bonds is 3. The van der Waals surface area contributed by atoms with Crippen molar-refractivity contribution in [1.82, 2.24) is 4.90 Å². The van der Waals surface area contributed by atoms with Gasteiger partial charge in [-0.15, -0.1) is 11.3 Å². The van der Waals surface area contributed by atoms with Gasteiger partial charge in [-0.05, 0) is 73.1 Å². The summed E-state index contributed by atoms with van der Waals surface area (Å²) in [5.74, 6) is 0.919. The van der Waals surface area contributed by atoms with Gasteiger partial charge < -0.3 is 5.73 Å². The largest absolute Gasteiger partial charge is 0.326 e. The highest BCUT2D eigenvalue weighted by Crippen LogP contribution is 2.42. The first-order valence-electron chi connectivity index (χ1n) is 7.93. The van der Waals surface area contributed by atoms with Crippen molar-refractivity contribution >= 4 is 27.3 Å². The molecule has 1 saturated heterocycles. The number of hydrogen-bond acceptors (Lipinski definition) is 3. The van der Waals surface area contributed by atoms with Crippen LogP contribution in [-0.2, 0) is 0 Å². The van der Waals surface area contributed by atoms with Crippen LogP contribution in [0.4, 0.5) is 0 Å². The number of hydrogen-bond donors (Lipinski definition) is 1. The first kappa shape index (κ1) is 15.0. The van der Waals surface area contributed by atoms with Crippen LogP contribution in [0.2, 0.25) is 0 Å². The van der Waals surface area contributed by atoms with Gasteiger partial charge in [0.15, 0.2) is 0 Å². The van der Waals surface area contributed by atoms with Gasteiger partial charge in [-0.3, -0.25) is 4.90 Å². The summed E-state index contributed by atoms with van der Waals surface area (Å²) >= 11 is 5.45. The van der Waals surface area contributed by atoms with Crippen molar-refractivity contribution in [3.63, 3.8) is 0 Å². The average molecular weight is 357 g/mol. The monoisotopic (exact) mass is 356 g/mol. The minimum absolute atomic E-state index is 0.196. The smallest absolute Gasteiger partial charge is 0.0702 e. The van der Waals surface area contributed by atoms with Gasteiger partial charge in [0.05, 0.1) is 9.83 Å². The van der Waals surface area contributed by atoms with E-state index in [1.165, 1.54) is 53.7 Å². The lowest BCUT2D eigenvalue weighted by Gasteiger charge is -2.48. The Morgan fingerprint density at radius 2 is 2.00 bits per heavy atom. The third-order valence-corrected chi connectivity index (χ3v) is 6.72. The normalized spacial score (nSPS) is 30.8. The molecule has 0 bridgehead atoms. The Morgan fingerprint density at radius 3 is 2.70 bits per heavy atom. The van der Waals surface area contributed by atoms with Gasteiger partial charge in [-0.1, -0.05) is 12.8 Å². The van der Waals surface area contributed by atoms with E-state index in [4.69, 9.17) is 5.73 Å². The van der Waals surface area contributed by atoms with Crippen molar-refractivity contribution in [2.45, 2.75) is 63.6 Å². The molecule has 3 rings (SSSR count). The molecule has 2 heterocycles. The quantitative estimate of drug-likeness (QED) is 0.860. The molecule has 1 aliphatic heterocycles. The summed E-state index contributed by atoms with van der Waals surface area (Å²) in [4.78, 5) is 4.18. The summed E-state index contributed by atoms with van der Waals surface area (Å²) in [6.07, 6.45) is 8.42. The maximum atomic E-state index is 6.38. The fourth-order valence-corrected chi connectivity index (χ4v) is 5.88. The lowest BCUT2D eigenvalue weighted by Crippen LogP contribution is -2.51. The van der Waals surface area contributed by atoms with Crippen molar-refractivity contribution in [3.05, 3.63) is 20.8 Å². The molecular formula is C16H25BrN2S. The zero-order valence-electron chi connectivity index (χ0n) is 12.2. The molecule has 0 aromatic carbocycles. The molecule has 4 heteroatoms. The van der Waals surface area contributed by atoms with Gasteiger partial charge in [0.25, 0.3) is 0 Å². The van der Waals surface area contributed by atoms with E-state index in [9.17, 15) is 0 Å². The molecule has 1 aliphatic carbocycles. The molecule has 1 saturated carbocycles. The third kappa shape index (κ3) is 2.99. The van der Waals surface area contributed by atoms with Gasteiger partial charge in [0.2, 0.25) is 0 Å². The van der Waals surface area contributed by atoms with Crippen LogP contribution in [0.1, 0.15) is 56.4 Å². The van der Waals surface area contributed by atoms with E-state index in [2.05, 4.69) is 39.9 Å². The molecule has 0 radical (unpaired) electrons. The van der Waals surface area contributed by atoms with Crippen LogP contribution in [0.3, 0.4) is 0 Å². The number of nitrogens with zero attached hydrogens (tertiary/aromatic N) is 1. The predicted octanol–water partition coefficient (Wildman–Crippen LogP) is 4.55. The van der Waals surface area contributed by atoms with E-state index in [1.54, 1.807) is 0 Å². The van der Waals surface area contributed by atoms with E-state index in [-0.39, 0.29) is 6.04 Å². The average Bonchev–Trinajstić information content (AvgIpc) is 2.85. The topological polar surface area (TPSA) is 29.3 Å². The molecule has 2 nitrogen and oxygen atoms in total. The molecule has 0 spiro atoms. The molecule has 2 fully saturated rings. The van der Waals surface area contributed by atoms with Crippen LogP contribution in [0, 0.1) is 5.92 Å². The van der Waals surface area contributed by atoms with E-state index in [0.29, 0.717) is 6.04 Å². The second-order valence-electron chi connectivity index (χ2n) is 6.44. The van der Waals surface area contributed by atoms with Crippen LogP contribution >= 0.6 is 27.3 Å². The molecule has 0 amide bonds. The predicted molar refractivity (Wildman–Crippen MR) is 90.1 cm³/mol. The lowest BCUT2D eigenvalue weighted by atomic mass is 9.77. The van der Waals surface area contributed by atoms with E-state index < -0.39 is 0 Å². The molecule has 1 aromatic heterocycles. The Kier molecular flexibility index (Phi) is 4.86. The fourth-order valence-electron chi connectivity index (χ4n) is 4.22. The minimum Gasteiger partial charge on any atom is -0.326 e. The molecule has 112 valence electrons.